The Bertz CT molecular complexity index is 985. The highest BCUT2D eigenvalue weighted by molar-refractivity contribution is 7.89. The molecule has 1 atom stereocenters. The molecular weight excluding hydrogens is 378 g/mol. The SMILES string of the molecule is CCCCC1C(=O)N(c2ccc(C)cc2)N(c2ccc(S(N)(=O)=O)cc2)C1=O. The van der Waals surface area contributed by atoms with E-state index < -0.39 is 15.9 Å². The highest BCUT2D eigenvalue weighted by atomic mass is 32.2. The van der Waals surface area contributed by atoms with Crippen molar-refractivity contribution in [3.05, 3.63) is 54.1 Å². The molecule has 0 saturated carbocycles. The van der Waals surface area contributed by atoms with Gasteiger partial charge in [0.1, 0.15) is 5.92 Å². The minimum absolute atomic E-state index is 0.0568. The van der Waals surface area contributed by atoms with Gasteiger partial charge < -0.3 is 0 Å². The number of rotatable bonds is 6. The third-order valence-corrected chi connectivity index (χ3v) is 5.68. The van der Waals surface area contributed by atoms with Gasteiger partial charge in [-0.25, -0.2) is 23.6 Å². The lowest BCUT2D eigenvalue weighted by atomic mass is 10.0. The first kappa shape index (κ1) is 20.0. The van der Waals surface area contributed by atoms with Crippen molar-refractivity contribution in [2.45, 2.75) is 38.0 Å². The number of sulfonamides is 1. The number of nitrogens with two attached hydrogens (primary N) is 1. The lowest BCUT2D eigenvalue weighted by Crippen LogP contribution is -2.41. The van der Waals surface area contributed by atoms with Crippen LogP contribution in [0.25, 0.3) is 0 Å². The van der Waals surface area contributed by atoms with Crippen LogP contribution in [0.15, 0.2) is 53.4 Å². The molecule has 7 nitrogen and oxygen atoms in total. The molecule has 1 aliphatic rings. The average molecular weight is 401 g/mol. The van der Waals surface area contributed by atoms with Crippen LogP contribution in [-0.4, -0.2) is 20.2 Å². The maximum atomic E-state index is 13.1. The van der Waals surface area contributed by atoms with E-state index in [1.807, 2.05) is 26.0 Å². The summed E-state index contributed by atoms with van der Waals surface area (Å²) in [4.78, 5) is 26.1. The number of hydrogen-bond donors (Lipinski definition) is 1. The van der Waals surface area contributed by atoms with Crippen molar-refractivity contribution in [2.24, 2.45) is 11.1 Å². The van der Waals surface area contributed by atoms with Crippen molar-refractivity contribution >= 4 is 33.2 Å². The fourth-order valence-corrected chi connectivity index (χ4v) is 3.72. The van der Waals surface area contributed by atoms with Crippen LogP contribution < -0.4 is 15.2 Å². The molecule has 1 heterocycles. The third kappa shape index (κ3) is 3.79. The fraction of sp³-hybridized carbons (Fsp3) is 0.300. The average Bonchev–Trinajstić information content (AvgIpc) is 2.90. The van der Waals surface area contributed by atoms with Crippen molar-refractivity contribution in [1.29, 1.82) is 0 Å². The van der Waals surface area contributed by atoms with Gasteiger partial charge in [0.15, 0.2) is 0 Å². The molecule has 28 heavy (non-hydrogen) atoms. The van der Waals surface area contributed by atoms with Gasteiger partial charge in [-0.15, -0.1) is 0 Å². The van der Waals surface area contributed by atoms with Crippen LogP contribution in [0.1, 0.15) is 31.7 Å². The quantitative estimate of drug-likeness (QED) is 0.752. The van der Waals surface area contributed by atoms with E-state index in [1.165, 1.54) is 34.3 Å². The van der Waals surface area contributed by atoms with Crippen LogP contribution in [-0.2, 0) is 19.6 Å². The first-order valence-electron chi connectivity index (χ1n) is 9.11. The minimum atomic E-state index is -3.84. The fourth-order valence-electron chi connectivity index (χ4n) is 3.20. The van der Waals surface area contributed by atoms with E-state index in [1.54, 1.807) is 12.1 Å². The van der Waals surface area contributed by atoms with Crippen LogP contribution in [0, 0.1) is 12.8 Å². The predicted octanol–water partition coefficient (Wildman–Crippen LogP) is 2.74. The Morgan fingerprint density at radius 1 is 0.893 bits per heavy atom. The van der Waals surface area contributed by atoms with Crippen molar-refractivity contribution in [1.82, 2.24) is 0 Å². The molecule has 2 aromatic rings. The molecule has 0 spiro atoms. The smallest absolute Gasteiger partial charge is 0.258 e. The zero-order valence-electron chi connectivity index (χ0n) is 15.8. The number of aryl methyl sites for hydroxylation is 1. The molecule has 1 fully saturated rings. The zero-order chi connectivity index (χ0) is 20.5. The Labute approximate surface area is 164 Å². The summed E-state index contributed by atoms with van der Waals surface area (Å²) in [6, 6.07) is 12.9. The predicted molar refractivity (Wildman–Crippen MR) is 107 cm³/mol. The van der Waals surface area contributed by atoms with Gasteiger partial charge in [-0.05, 0) is 49.7 Å². The Kier molecular flexibility index (Phi) is 5.53. The van der Waals surface area contributed by atoms with Crippen LogP contribution in [0.2, 0.25) is 0 Å². The number of nitrogens with zero attached hydrogens (tertiary/aromatic N) is 2. The number of primary sulfonamides is 1. The molecule has 2 N–H and O–H groups in total. The monoisotopic (exact) mass is 401 g/mol. The summed E-state index contributed by atoms with van der Waals surface area (Å²) in [5, 5.41) is 7.84. The number of carbonyl (C=O) groups is 2. The molecule has 148 valence electrons. The minimum Gasteiger partial charge on any atom is -0.272 e. The number of anilines is 2. The standard InChI is InChI=1S/C20H23N3O4S/c1-3-4-5-18-19(24)22(15-8-6-14(2)7-9-15)23(20(18)25)16-10-12-17(13-11-16)28(21,26)27/h6-13,18H,3-5H2,1-2H3,(H2,21,26,27). The van der Waals surface area contributed by atoms with E-state index in [0.29, 0.717) is 17.8 Å². The third-order valence-electron chi connectivity index (χ3n) is 4.75. The first-order chi connectivity index (χ1) is 13.2. The maximum absolute atomic E-state index is 13.1. The van der Waals surface area contributed by atoms with Gasteiger partial charge in [0, 0.05) is 0 Å². The Morgan fingerprint density at radius 2 is 1.36 bits per heavy atom. The first-order valence-corrected chi connectivity index (χ1v) is 10.7. The summed E-state index contributed by atoms with van der Waals surface area (Å²) >= 11 is 0. The summed E-state index contributed by atoms with van der Waals surface area (Å²) in [7, 11) is -3.84. The molecule has 0 aromatic heterocycles. The summed E-state index contributed by atoms with van der Waals surface area (Å²) in [6.07, 6.45) is 2.12. The summed E-state index contributed by atoms with van der Waals surface area (Å²) in [5.74, 6) is -1.35. The number of carbonyl (C=O) groups excluding carboxylic acids is 2. The molecule has 0 aliphatic carbocycles. The number of unbranched alkanes of at least 4 members (excludes halogenated alkanes) is 1. The van der Waals surface area contributed by atoms with Gasteiger partial charge in [0.05, 0.1) is 16.3 Å². The van der Waals surface area contributed by atoms with Crippen molar-refractivity contribution in [2.75, 3.05) is 10.0 Å². The van der Waals surface area contributed by atoms with E-state index in [2.05, 4.69) is 0 Å². The number of benzene rings is 2. The van der Waals surface area contributed by atoms with Gasteiger partial charge in [0.2, 0.25) is 10.0 Å². The van der Waals surface area contributed by atoms with Crippen LogP contribution >= 0.6 is 0 Å². The van der Waals surface area contributed by atoms with Crippen molar-refractivity contribution in [3.8, 4) is 0 Å². The summed E-state index contributed by atoms with van der Waals surface area (Å²) in [5.41, 5.74) is 2.03. The highest BCUT2D eigenvalue weighted by Crippen LogP contribution is 2.34. The Morgan fingerprint density at radius 3 is 1.79 bits per heavy atom. The van der Waals surface area contributed by atoms with Gasteiger partial charge in [-0.3, -0.25) is 9.59 Å². The lowest BCUT2D eigenvalue weighted by Gasteiger charge is -2.28. The molecule has 0 radical (unpaired) electrons. The largest absolute Gasteiger partial charge is 0.272 e. The maximum Gasteiger partial charge on any atom is 0.258 e. The second kappa shape index (κ2) is 7.73. The van der Waals surface area contributed by atoms with Crippen LogP contribution in [0.3, 0.4) is 0 Å². The van der Waals surface area contributed by atoms with Crippen molar-refractivity contribution in [3.63, 3.8) is 0 Å². The van der Waals surface area contributed by atoms with E-state index in [9.17, 15) is 18.0 Å². The normalized spacial score (nSPS) is 17.5. The van der Waals surface area contributed by atoms with E-state index >= 15 is 0 Å². The van der Waals surface area contributed by atoms with Gasteiger partial charge in [-0.1, -0.05) is 37.5 Å². The summed E-state index contributed by atoms with van der Waals surface area (Å²) in [6.45, 7) is 3.94. The molecular formula is C20H23N3O4S. The van der Waals surface area contributed by atoms with Crippen LogP contribution in [0.5, 0.6) is 0 Å². The Hall–Kier alpha value is -2.71. The molecule has 1 saturated heterocycles. The molecule has 0 bridgehead atoms. The number of hydrogen-bond acceptors (Lipinski definition) is 4. The van der Waals surface area contributed by atoms with E-state index in [0.717, 1.165) is 18.4 Å². The summed E-state index contributed by atoms with van der Waals surface area (Å²) < 4.78 is 23.0. The lowest BCUT2D eigenvalue weighted by molar-refractivity contribution is -0.127. The number of amides is 2. The molecule has 1 aliphatic heterocycles. The molecule has 3 rings (SSSR count). The molecule has 8 heteroatoms. The molecule has 2 amide bonds. The van der Waals surface area contributed by atoms with Gasteiger partial charge >= 0.3 is 0 Å². The van der Waals surface area contributed by atoms with Gasteiger partial charge in [-0.2, -0.15) is 0 Å². The zero-order valence-corrected chi connectivity index (χ0v) is 16.6. The topological polar surface area (TPSA) is 101 Å². The number of hydrazine groups is 1. The van der Waals surface area contributed by atoms with E-state index in [-0.39, 0.29) is 16.7 Å². The van der Waals surface area contributed by atoms with Crippen molar-refractivity contribution < 1.29 is 18.0 Å². The molecule has 2 aromatic carbocycles. The second-order valence-electron chi connectivity index (χ2n) is 6.87. The Balaban J connectivity index is 2.04. The van der Waals surface area contributed by atoms with Crippen LogP contribution in [0.4, 0.5) is 11.4 Å². The molecule has 1 unspecified atom stereocenters. The second-order valence-corrected chi connectivity index (χ2v) is 8.43. The van der Waals surface area contributed by atoms with Gasteiger partial charge in [0.25, 0.3) is 11.8 Å². The van der Waals surface area contributed by atoms with E-state index in [4.69, 9.17) is 5.14 Å². The highest BCUT2D eigenvalue weighted by Gasteiger charge is 2.46.